The van der Waals surface area contributed by atoms with E-state index in [1.54, 1.807) is 11.3 Å². The lowest BCUT2D eigenvalue weighted by molar-refractivity contribution is -0.128. The van der Waals surface area contributed by atoms with E-state index in [1.807, 2.05) is 11.9 Å². The van der Waals surface area contributed by atoms with Crippen molar-refractivity contribution >= 4 is 17.2 Å². The molecule has 1 amide bonds. The first-order chi connectivity index (χ1) is 10.3. The number of likely N-dealkylation sites (N-methyl/N-ethyl adjacent to an activating group) is 1. The Morgan fingerprint density at radius 1 is 1.43 bits per heavy atom. The monoisotopic (exact) mass is 309 g/mol. The van der Waals surface area contributed by atoms with Crippen molar-refractivity contribution in [3.05, 3.63) is 22.4 Å². The van der Waals surface area contributed by atoms with Gasteiger partial charge in [0.05, 0.1) is 25.3 Å². The van der Waals surface area contributed by atoms with Crippen LogP contribution in [0.1, 0.15) is 17.3 Å². The lowest BCUT2D eigenvalue weighted by atomic mass is 10.1. The summed E-state index contributed by atoms with van der Waals surface area (Å²) < 4.78 is 5.46. The number of rotatable bonds is 5. The highest BCUT2D eigenvalue weighted by Gasteiger charge is 2.30. The second kappa shape index (κ2) is 6.87. The van der Waals surface area contributed by atoms with Gasteiger partial charge in [-0.3, -0.25) is 9.69 Å². The van der Waals surface area contributed by atoms with E-state index < -0.39 is 0 Å². The fraction of sp³-hybridized carbons (Fsp3) is 0.667. The SMILES string of the molecule is CN1CCC(NCC(c2cccs2)N2CCOCC2)C1=O. The van der Waals surface area contributed by atoms with Gasteiger partial charge in [0, 0.05) is 38.1 Å². The van der Waals surface area contributed by atoms with Crippen molar-refractivity contribution in [2.45, 2.75) is 18.5 Å². The number of hydrogen-bond donors (Lipinski definition) is 1. The quantitative estimate of drug-likeness (QED) is 0.879. The van der Waals surface area contributed by atoms with Gasteiger partial charge in [0.25, 0.3) is 0 Å². The molecule has 1 aromatic rings. The van der Waals surface area contributed by atoms with E-state index in [2.05, 4.69) is 27.7 Å². The van der Waals surface area contributed by atoms with E-state index in [4.69, 9.17) is 4.74 Å². The van der Waals surface area contributed by atoms with Gasteiger partial charge < -0.3 is 15.0 Å². The van der Waals surface area contributed by atoms with Gasteiger partial charge in [0.2, 0.25) is 5.91 Å². The highest BCUT2D eigenvalue weighted by molar-refractivity contribution is 7.10. The highest BCUT2D eigenvalue weighted by Crippen LogP contribution is 2.26. The Balaban J connectivity index is 1.63. The molecule has 0 aromatic carbocycles. The van der Waals surface area contributed by atoms with Crippen LogP contribution in [0.25, 0.3) is 0 Å². The Morgan fingerprint density at radius 2 is 2.24 bits per heavy atom. The van der Waals surface area contributed by atoms with Crippen molar-refractivity contribution in [3.8, 4) is 0 Å². The molecule has 3 heterocycles. The zero-order valence-electron chi connectivity index (χ0n) is 12.5. The number of amides is 1. The van der Waals surface area contributed by atoms with Crippen molar-refractivity contribution in [2.75, 3.05) is 46.4 Å². The number of nitrogens with one attached hydrogen (secondary N) is 1. The van der Waals surface area contributed by atoms with Crippen LogP contribution in [0, 0.1) is 0 Å². The van der Waals surface area contributed by atoms with Gasteiger partial charge in [-0.2, -0.15) is 0 Å². The molecular weight excluding hydrogens is 286 g/mol. The molecule has 21 heavy (non-hydrogen) atoms. The largest absolute Gasteiger partial charge is 0.379 e. The topological polar surface area (TPSA) is 44.8 Å². The molecule has 3 rings (SSSR count). The fourth-order valence-corrected chi connectivity index (χ4v) is 3.91. The molecule has 0 saturated carbocycles. The van der Waals surface area contributed by atoms with E-state index >= 15 is 0 Å². The molecule has 116 valence electrons. The molecule has 1 N–H and O–H groups in total. The first-order valence-electron chi connectivity index (χ1n) is 7.59. The summed E-state index contributed by atoms with van der Waals surface area (Å²) in [4.78, 5) is 17.7. The Bertz CT molecular complexity index is 459. The Labute approximate surface area is 129 Å². The molecule has 0 bridgehead atoms. The zero-order valence-corrected chi connectivity index (χ0v) is 13.3. The van der Waals surface area contributed by atoms with Crippen LogP contribution >= 0.6 is 11.3 Å². The molecule has 0 radical (unpaired) electrons. The molecular formula is C15H23N3O2S. The van der Waals surface area contributed by atoms with Gasteiger partial charge in [-0.15, -0.1) is 11.3 Å². The third-order valence-corrected chi connectivity index (χ3v) is 5.32. The van der Waals surface area contributed by atoms with Crippen molar-refractivity contribution < 1.29 is 9.53 Å². The second-order valence-corrected chi connectivity index (χ2v) is 6.67. The summed E-state index contributed by atoms with van der Waals surface area (Å²) in [6.45, 7) is 5.20. The number of thiophene rings is 1. The molecule has 0 spiro atoms. The van der Waals surface area contributed by atoms with E-state index in [0.29, 0.717) is 6.04 Å². The minimum atomic E-state index is -0.0153. The van der Waals surface area contributed by atoms with Crippen LogP contribution in [0.4, 0.5) is 0 Å². The normalized spacial score (nSPS) is 25.5. The van der Waals surface area contributed by atoms with Crippen molar-refractivity contribution in [1.82, 2.24) is 15.1 Å². The molecule has 2 atom stereocenters. The van der Waals surface area contributed by atoms with Crippen molar-refractivity contribution in [3.63, 3.8) is 0 Å². The van der Waals surface area contributed by atoms with Gasteiger partial charge >= 0.3 is 0 Å². The van der Waals surface area contributed by atoms with Crippen LogP contribution in [-0.2, 0) is 9.53 Å². The van der Waals surface area contributed by atoms with Crippen molar-refractivity contribution in [2.24, 2.45) is 0 Å². The van der Waals surface area contributed by atoms with Crippen LogP contribution in [0.2, 0.25) is 0 Å². The molecule has 6 heteroatoms. The summed E-state index contributed by atoms with van der Waals surface area (Å²) >= 11 is 1.79. The summed E-state index contributed by atoms with van der Waals surface area (Å²) in [6, 6.07) is 4.61. The first-order valence-corrected chi connectivity index (χ1v) is 8.47. The Hall–Kier alpha value is -0.950. The van der Waals surface area contributed by atoms with Gasteiger partial charge in [0.1, 0.15) is 0 Å². The number of carbonyl (C=O) groups is 1. The maximum atomic E-state index is 12.0. The summed E-state index contributed by atoms with van der Waals surface area (Å²) in [7, 11) is 1.88. The molecule has 2 saturated heterocycles. The van der Waals surface area contributed by atoms with Crippen molar-refractivity contribution in [1.29, 1.82) is 0 Å². The van der Waals surface area contributed by atoms with Crippen LogP contribution < -0.4 is 5.32 Å². The first kappa shape index (κ1) is 15.0. The number of hydrogen-bond acceptors (Lipinski definition) is 5. The van der Waals surface area contributed by atoms with Crippen LogP contribution in [0.15, 0.2) is 17.5 Å². The second-order valence-electron chi connectivity index (χ2n) is 5.69. The third-order valence-electron chi connectivity index (χ3n) is 4.34. The standard InChI is InChI=1S/C15H23N3O2S/c1-17-5-4-12(15(17)19)16-11-13(14-3-2-10-21-14)18-6-8-20-9-7-18/h2-3,10,12-13,16H,4-9,11H2,1H3. The van der Waals surface area contributed by atoms with Gasteiger partial charge in [-0.05, 0) is 17.9 Å². The third kappa shape index (κ3) is 3.45. The van der Waals surface area contributed by atoms with Crippen LogP contribution in [0.5, 0.6) is 0 Å². The number of nitrogens with zero attached hydrogens (tertiary/aromatic N) is 2. The number of morpholine rings is 1. The molecule has 0 aliphatic carbocycles. The summed E-state index contributed by atoms with van der Waals surface area (Å²) in [5, 5.41) is 5.60. The molecule has 2 fully saturated rings. The van der Waals surface area contributed by atoms with Crippen LogP contribution in [-0.4, -0.2) is 68.2 Å². The minimum Gasteiger partial charge on any atom is -0.379 e. The summed E-state index contributed by atoms with van der Waals surface area (Å²) in [5.74, 6) is 0.224. The van der Waals surface area contributed by atoms with E-state index in [9.17, 15) is 4.79 Å². The average molecular weight is 309 g/mol. The molecule has 1 aromatic heterocycles. The maximum absolute atomic E-state index is 12.0. The Kier molecular flexibility index (Phi) is 4.90. The molecule has 2 unspecified atom stereocenters. The lowest BCUT2D eigenvalue weighted by Gasteiger charge is -2.34. The molecule has 5 nitrogen and oxygen atoms in total. The maximum Gasteiger partial charge on any atom is 0.239 e. The Morgan fingerprint density at radius 3 is 2.86 bits per heavy atom. The zero-order chi connectivity index (χ0) is 14.7. The molecule has 2 aliphatic heterocycles. The minimum absolute atomic E-state index is 0.0153. The smallest absolute Gasteiger partial charge is 0.239 e. The predicted molar refractivity (Wildman–Crippen MR) is 83.5 cm³/mol. The van der Waals surface area contributed by atoms with E-state index in [-0.39, 0.29) is 11.9 Å². The summed E-state index contributed by atoms with van der Waals surface area (Å²) in [6.07, 6.45) is 0.912. The van der Waals surface area contributed by atoms with Gasteiger partial charge in [-0.25, -0.2) is 0 Å². The number of likely N-dealkylation sites (tertiary alicyclic amines) is 1. The number of carbonyl (C=O) groups excluding carboxylic acids is 1. The van der Waals surface area contributed by atoms with Crippen LogP contribution in [0.3, 0.4) is 0 Å². The average Bonchev–Trinajstić information content (AvgIpc) is 3.14. The van der Waals surface area contributed by atoms with E-state index in [1.165, 1.54) is 4.88 Å². The predicted octanol–water partition coefficient (Wildman–Crippen LogP) is 0.942. The lowest BCUT2D eigenvalue weighted by Crippen LogP contribution is -2.46. The highest BCUT2D eigenvalue weighted by atomic mass is 32.1. The van der Waals surface area contributed by atoms with Gasteiger partial charge in [-0.1, -0.05) is 6.07 Å². The fourth-order valence-electron chi connectivity index (χ4n) is 3.05. The number of ether oxygens (including phenoxy) is 1. The van der Waals surface area contributed by atoms with E-state index in [0.717, 1.165) is 45.8 Å². The summed E-state index contributed by atoms with van der Waals surface area (Å²) in [5.41, 5.74) is 0. The van der Waals surface area contributed by atoms with Gasteiger partial charge in [0.15, 0.2) is 0 Å². The molecule has 2 aliphatic rings.